The molecule has 2 aromatic carbocycles. The fourth-order valence-electron chi connectivity index (χ4n) is 2.51. The zero-order valence-electron chi connectivity index (χ0n) is 14.9. The van der Waals surface area contributed by atoms with Crippen LogP contribution < -0.4 is 20.8 Å². The highest BCUT2D eigenvalue weighted by Crippen LogP contribution is 2.27. The van der Waals surface area contributed by atoms with Crippen LogP contribution in [0, 0.1) is 6.92 Å². The van der Waals surface area contributed by atoms with E-state index < -0.39 is 21.6 Å². The molecule has 29 heavy (non-hydrogen) atoms. The molecular formula is C18H14Cl2N2O6S. The molecule has 0 spiro atoms. The van der Waals surface area contributed by atoms with Crippen LogP contribution in [-0.4, -0.2) is 20.9 Å². The van der Waals surface area contributed by atoms with Crippen LogP contribution in [0.2, 0.25) is 10.0 Å². The first kappa shape index (κ1) is 21.1. The number of anilines is 1. The lowest BCUT2D eigenvalue weighted by atomic mass is 10.1. The van der Waals surface area contributed by atoms with Gasteiger partial charge in [0.1, 0.15) is 16.4 Å². The number of ether oxygens (including phenoxy) is 1. The van der Waals surface area contributed by atoms with Gasteiger partial charge in [0.05, 0.1) is 15.6 Å². The van der Waals surface area contributed by atoms with E-state index in [1.807, 2.05) is 0 Å². The Bertz CT molecular complexity index is 1290. The van der Waals surface area contributed by atoms with Crippen molar-refractivity contribution in [2.75, 3.05) is 11.9 Å². The minimum atomic E-state index is -3.90. The van der Waals surface area contributed by atoms with Gasteiger partial charge in [-0.05, 0) is 42.8 Å². The summed E-state index contributed by atoms with van der Waals surface area (Å²) in [5.41, 5.74) is 0.391. The van der Waals surface area contributed by atoms with Crippen molar-refractivity contribution in [2.45, 2.75) is 11.8 Å². The van der Waals surface area contributed by atoms with E-state index in [4.69, 9.17) is 37.5 Å². The summed E-state index contributed by atoms with van der Waals surface area (Å²) < 4.78 is 33.2. The van der Waals surface area contributed by atoms with E-state index in [0.29, 0.717) is 16.7 Å². The zero-order chi connectivity index (χ0) is 21.3. The SMILES string of the molecule is Cc1c(Cl)c(=O)oc2cc(OCC(=O)Nc3ccc(S(N)(=O)=O)cc3Cl)ccc12. The molecular weight excluding hydrogens is 443 g/mol. The molecule has 0 aliphatic carbocycles. The predicted octanol–water partition coefficient (Wildman–Crippen LogP) is 3.07. The Balaban J connectivity index is 1.71. The number of carbonyl (C=O) groups is 1. The average molecular weight is 457 g/mol. The molecule has 0 radical (unpaired) electrons. The Morgan fingerprint density at radius 1 is 1.21 bits per heavy atom. The smallest absolute Gasteiger partial charge is 0.355 e. The van der Waals surface area contributed by atoms with E-state index in [-0.39, 0.29) is 32.8 Å². The molecule has 0 bridgehead atoms. The fraction of sp³-hybridized carbons (Fsp3) is 0.111. The highest BCUT2D eigenvalue weighted by Gasteiger charge is 2.13. The summed E-state index contributed by atoms with van der Waals surface area (Å²) in [5, 5.41) is 8.19. The third kappa shape index (κ3) is 4.70. The van der Waals surface area contributed by atoms with Crippen molar-refractivity contribution in [3.05, 3.63) is 62.4 Å². The second kappa shape index (κ2) is 8.03. The Kier molecular flexibility index (Phi) is 5.85. The van der Waals surface area contributed by atoms with Gasteiger partial charge in [0, 0.05) is 11.5 Å². The molecule has 3 rings (SSSR count). The lowest BCUT2D eigenvalue weighted by molar-refractivity contribution is -0.118. The number of primary sulfonamides is 1. The maximum absolute atomic E-state index is 12.1. The van der Waals surface area contributed by atoms with Gasteiger partial charge < -0.3 is 14.5 Å². The first-order valence-electron chi connectivity index (χ1n) is 8.04. The van der Waals surface area contributed by atoms with E-state index in [1.54, 1.807) is 19.1 Å². The van der Waals surface area contributed by atoms with Gasteiger partial charge in [-0.3, -0.25) is 4.79 Å². The molecule has 0 saturated heterocycles. The van der Waals surface area contributed by atoms with Crippen molar-refractivity contribution in [3.8, 4) is 5.75 Å². The average Bonchev–Trinajstić information content (AvgIpc) is 2.65. The van der Waals surface area contributed by atoms with Crippen LogP contribution in [0.15, 0.2) is 50.5 Å². The molecule has 0 fully saturated rings. The number of hydrogen-bond donors (Lipinski definition) is 2. The maximum atomic E-state index is 12.1. The number of benzene rings is 2. The van der Waals surface area contributed by atoms with E-state index >= 15 is 0 Å². The van der Waals surface area contributed by atoms with Crippen molar-refractivity contribution < 1.29 is 22.4 Å². The van der Waals surface area contributed by atoms with Gasteiger partial charge in [0.25, 0.3) is 5.91 Å². The first-order chi connectivity index (χ1) is 13.6. The van der Waals surface area contributed by atoms with E-state index in [9.17, 15) is 18.0 Å². The lowest BCUT2D eigenvalue weighted by Crippen LogP contribution is -2.20. The molecule has 0 unspecified atom stereocenters. The quantitative estimate of drug-likeness (QED) is 0.567. The number of aryl methyl sites for hydroxylation is 1. The third-order valence-corrected chi connectivity index (χ3v) is 5.64. The molecule has 0 aliphatic heterocycles. The van der Waals surface area contributed by atoms with Gasteiger partial charge in [0.15, 0.2) is 6.61 Å². The predicted molar refractivity (Wildman–Crippen MR) is 109 cm³/mol. The summed E-state index contributed by atoms with van der Waals surface area (Å²) >= 11 is 11.9. The summed E-state index contributed by atoms with van der Waals surface area (Å²) in [7, 11) is -3.90. The molecule has 1 amide bonds. The van der Waals surface area contributed by atoms with Crippen LogP contribution >= 0.6 is 23.2 Å². The highest BCUT2D eigenvalue weighted by atomic mass is 35.5. The molecule has 11 heteroatoms. The van der Waals surface area contributed by atoms with Gasteiger partial charge >= 0.3 is 5.63 Å². The first-order valence-corrected chi connectivity index (χ1v) is 10.3. The Morgan fingerprint density at radius 3 is 2.59 bits per heavy atom. The molecule has 1 aromatic heterocycles. The van der Waals surface area contributed by atoms with Gasteiger partial charge in [-0.2, -0.15) is 0 Å². The van der Waals surface area contributed by atoms with E-state index in [0.717, 1.165) is 6.07 Å². The Labute approximate surface area is 175 Å². The van der Waals surface area contributed by atoms with E-state index in [1.165, 1.54) is 18.2 Å². The molecule has 3 N–H and O–H groups in total. The number of nitrogens with two attached hydrogens (primary N) is 1. The number of carbonyl (C=O) groups excluding carboxylic acids is 1. The van der Waals surface area contributed by atoms with Crippen molar-refractivity contribution >= 4 is 55.8 Å². The maximum Gasteiger partial charge on any atom is 0.355 e. The largest absolute Gasteiger partial charge is 0.484 e. The number of sulfonamides is 1. The fourth-order valence-corrected chi connectivity index (χ4v) is 3.48. The Hall–Kier alpha value is -2.59. The lowest BCUT2D eigenvalue weighted by Gasteiger charge is -2.10. The standard InChI is InChI=1S/C18H14Cl2N2O6S/c1-9-12-4-2-10(6-15(12)28-18(24)17(9)20)27-8-16(23)22-14-5-3-11(7-13(14)19)29(21,25)26/h2-7H,8H2,1H3,(H,22,23)(H2,21,25,26). The van der Waals surface area contributed by atoms with Crippen LogP contribution in [0.25, 0.3) is 11.0 Å². The van der Waals surface area contributed by atoms with Crippen molar-refractivity contribution in [2.24, 2.45) is 5.14 Å². The van der Waals surface area contributed by atoms with Crippen LogP contribution in [-0.2, 0) is 14.8 Å². The van der Waals surface area contributed by atoms with Crippen molar-refractivity contribution in [3.63, 3.8) is 0 Å². The number of halogens is 2. The third-order valence-electron chi connectivity index (χ3n) is 3.98. The second-order valence-electron chi connectivity index (χ2n) is 6.01. The van der Waals surface area contributed by atoms with Gasteiger partial charge in [0.2, 0.25) is 10.0 Å². The van der Waals surface area contributed by atoms with Crippen molar-refractivity contribution in [1.29, 1.82) is 0 Å². The van der Waals surface area contributed by atoms with E-state index in [2.05, 4.69) is 5.32 Å². The minimum absolute atomic E-state index is 0.00436. The number of hydrogen-bond acceptors (Lipinski definition) is 6. The number of nitrogens with one attached hydrogen (secondary N) is 1. The number of fused-ring (bicyclic) bond motifs is 1. The minimum Gasteiger partial charge on any atom is -0.484 e. The van der Waals surface area contributed by atoms with Crippen molar-refractivity contribution in [1.82, 2.24) is 0 Å². The number of amides is 1. The van der Waals surface area contributed by atoms with Gasteiger partial charge in [-0.15, -0.1) is 0 Å². The molecule has 1 heterocycles. The summed E-state index contributed by atoms with van der Waals surface area (Å²) in [6.45, 7) is 1.33. The van der Waals surface area contributed by atoms with Gasteiger partial charge in [-0.1, -0.05) is 23.2 Å². The monoisotopic (exact) mass is 456 g/mol. The Morgan fingerprint density at radius 2 is 1.93 bits per heavy atom. The molecule has 0 atom stereocenters. The molecule has 3 aromatic rings. The summed E-state index contributed by atoms with van der Waals surface area (Å²) in [4.78, 5) is 23.6. The highest BCUT2D eigenvalue weighted by molar-refractivity contribution is 7.89. The molecule has 0 aliphatic rings. The zero-order valence-corrected chi connectivity index (χ0v) is 17.2. The van der Waals surface area contributed by atoms with Crippen LogP contribution in [0.4, 0.5) is 5.69 Å². The summed E-state index contributed by atoms with van der Waals surface area (Å²) in [6, 6.07) is 8.41. The van der Waals surface area contributed by atoms with Crippen LogP contribution in [0.3, 0.4) is 0 Å². The number of rotatable bonds is 5. The molecule has 152 valence electrons. The summed E-state index contributed by atoms with van der Waals surface area (Å²) in [6.07, 6.45) is 0. The molecule has 8 nitrogen and oxygen atoms in total. The normalized spacial score (nSPS) is 11.4. The summed E-state index contributed by atoms with van der Waals surface area (Å²) in [5.74, 6) is -0.239. The second-order valence-corrected chi connectivity index (χ2v) is 8.36. The van der Waals surface area contributed by atoms with Gasteiger partial charge in [-0.25, -0.2) is 18.4 Å². The topological polar surface area (TPSA) is 129 Å². The van der Waals surface area contributed by atoms with Crippen LogP contribution in [0.5, 0.6) is 5.75 Å². The van der Waals surface area contributed by atoms with Crippen LogP contribution in [0.1, 0.15) is 5.56 Å². The molecule has 0 saturated carbocycles.